The van der Waals surface area contributed by atoms with Crippen molar-refractivity contribution in [2.75, 3.05) is 0 Å². The van der Waals surface area contributed by atoms with Gasteiger partial charge < -0.3 is 0 Å². The summed E-state index contributed by atoms with van der Waals surface area (Å²) in [4.78, 5) is 17.8. The molecule has 0 aliphatic rings. The second-order valence-corrected chi connectivity index (χ2v) is 6.45. The third-order valence-electron chi connectivity index (χ3n) is 4.70. The Morgan fingerprint density at radius 3 is 2.43 bits per heavy atom. The first-order valence-electron chi connectivity index (χ1n) is 8.98. The summed E-state index contributed by atoms with van der Waals surface area (Å²) in [5, 5.41) is 5.46. The largest absolute Gasteiger partial charge is 0.282 e. The number of rotatable bonds is 3. The van der Waals surface area contributed by atoms with Crippen molar-refractivity contribution in [1.82, 2.24) is 19.3 Å². The van der Waals surface area contributed by atoms with Crippen LogP contribution in [0.5, 0.6) is 0 Å². The van der Waals surface area contributed by atoms with Crippen LogP contribution in [0.25, 0.3) is 33.5 Å². The van der Waals surface area contributed by atoms with Crippen molar-refractivity contribution in [3.8, 4) is 22.6 Å². The fourth-order valence-electron chi connectivity index (χ4n) is 3.34. The highest BCUT2D eigenvalue weighted by Gasteiger charge is 2.14. The predicted octanol–water partition coefficient (Wildman–Crippen LogP) is 4.24. The number of para-hydroxylation sites is 2. The monoisotopic (exact) mass is 364 g/mol. The standard InChI is InChI=1S/C23H16N4O/c28-23-22(27-21-12-5-4-8-17(21)15-25-27)14-18(20-11-6-7-13-24-20)16-26(23)19-9-2-1-3-10-19/h1-16H. The number of aromatic nitrogens is 4. The third-order valence-corrected chi connectivity index (χ3v) is 4.70. The third kappa shape index (κ3) is 2.70. The van der Waals surface area contributed by atoms with Gasteiger partial charge in [-0.15, -0.1) is 0 Å². The summed E-state index contributed by atoms with van der Waals surface area (Å²) in [6.45, 7) is 0. The summed E-state index contributed by atoms with van der Waals surface area (Å²) < 4.78 is 3.35. The molecule has 0 atom stereocenters. The average Bonchev–Trinajstić information content (AvgIpc) is 3.19. The van der Waals surface area contributed by atoms with E-state index in [9.17, 15) is 4.79 Å². The van der Waals surface area contributed by atoms with Gasteiger partial charge in [0.05, 0.1) is 17.4 Å². The lowest BCUT2D eigenvalue weighted by atomic mass is 10.1. The van der Waals surface area contributed by atoms with E-state index in [1.165, 1.54) is 0 Å². The molecule has 0 spiro atoms. The van der Waals surface area contributed by atoms with E-state index in [1.807, 2.05) is 85.1 Å². The lowest BCUT2D eigenvalue weighted by molar-refractivity contribution is 0.864. The molecule has 0 N–H and O–H groups in total. The van der Waals surface area contributed by atoms with Gasteiger partial charge in [-0.25, -0.2) is 4.68 Å². The zero-order valence-corrected chi connectivity index (χ0v) is 14.9. The minimum absolute atomic E-state index is 0.139. The fourth-order valence-corrected chi connectivity index (χ4v) is 3.34. The van der Waals surface area contributed by atoms with E-state index in [1.54, 1.807) is 21.6 Å². The number of hydrogen-bond donors (Lipinski definition) is 0. The molecule has 0 bridgehead atoms. The first kappa shape index (κ1) is 16.2. The van der Waals surface area contributed by atoms with Crippen molar-refractivity contribution in [2.45, 2.75) is 0 Å². The second kappa shape index (κ2) is 6.63. The Hall–Kier alpha value is -3.99. The summed E-state index contributed by atoms with van der Waals surface area (Å²) in [5.41, 5.74) is 3.66. The second-order valence-electron chi connectivity index (χ2n) is 6.45. The Labute approximate surface area is 161 Å². The molecule has 0 amide bonds. The Balaban J connectivity index is 1.83. The lowest BCUT2D eigenvalue weighted by Gasteiger charge is -2.12. The smallest absolute Gasteiger partial charge is 0.281 e. The topological polar surface area (TPSA) is 52.7 Å². The van der Waals surface area contributed by atoms with Gasteiger partial charge in [0.1, 0.15) is 5.69 Å². The fraction of sp³-hybridized carbons (Fsp3) is 0. The highest BCUT2D eigenvalue weighted by Crippen LogP contribution is 2.22. The van der Waals surface area contributed by atoms with Gasteiger partial charge in [0.25, 0.3) is 5.56 Å². The van der Waals surface area contributed by atoms with Crippen LogP contribution in [0, 0.1) is 0 Å². The van der Waals surface area contributed by atoms with Crippen LogP contribution < -0.4 is 5.56 Å². The molecule has 5 rings (SSSR count). The van der Waals surface area contributed by atoms with Gasteiger partial charge >= 0.3 is 0 Å². The van der Waals surface area contributed by atoms with Crippen LogP contribution in [0.3, 0.4) is 0 Å². The van der Waals surface area contributed by atoms with Crippen LogP contribution in [0.2, 0.25) is 0 Å². The van der Waals surface area contributed by atoms with Crippen molar-refractivity contribution in [2.24, 2.45) is 0 Å². The average molecular weight is 364 g/mol. The van der Waals surface area contributed by atoms with E-state index in [0.29, 0.717) is 5.69 Å². The van der Waals surface area contributed by atoms with E-state index < -0.39 is 0 Å². The summed E-state index contributed by atoms with van der Waals surface area (Å²) in [5.74, 6) is 0. The van der Waals surface area contributed by atoms with E-state index in [4.69, 9.17) is 0 Å². The molecule has 0 aliphatic carbocycles. The van der Waals surface area contributed by atoms with Gasteiger partial charge in [0.2, 0.25) is 0 Å². The van der Waals surface area contributed by atoms with E-state index in [0.717, 1.165) is 27.8 Å². The van der Waals surface area contributed by atoms with Gasteiger partial charge in [-0.3, -0.25) is 14.3 Å². The summed E-state index contributed by atoms with van der Waals surface area (Å²) >= 11 is 0. The molecule has 5 aromatic rings. The molecule has 0 fully saturated rings. The van der Waals surface area contributed by atoms with Crippen LogP contribution in [0.15, 0.2) is 102 Å². The first-order valence-corrected chi connectivity index (χ1v) is 8.98. The quantitative estimate of drug-likeness (QED) is 0.481. The summed E-state index contributed by atoms with van der Waals surface area (Å²) in [6.07, 6.45) is 5.35. The van der Waals surface area contributed by atoms with E-state index in [2.05, 4.69) is 10.1 Å². The number of nitrogens with zero attached hydrogens (tertiary/aromatic N) is 4. The maximum atomic E-state index is 13.4. The van der Waals surface area contributed by atoms with Crippen LogP contribution in [-0.2, 0) is 0 Å². The Morgan fingerprint density at radius 1 is 0.821 bits per heavy atom. The van der Waals surface area contributed by atoms with Crippen LogP contribution in [0.1, 0.15) is 0 Å². The molecule has 0 unspecified atom stereocenters. The normalized spacial score (nSPS) is 11.0. The SMILES string of the molecule is O=c1c(-n2ncc3ccccc32)cc(-c2ccccn2)cn1-c1ccccc1. The zero-order valence-electron chi connectivity index (χ0n) is 14.9. The van der Waals surface area contributed by atoms with Crippen LogP contribution >= 0.6 is 0 Å². The molecule has 0 aliphatic heterocycles. The Kier molecular flexibility index (Phi) is 3.84. The molecule has 0 saturated carbocycles. The molecule has 5 heteroatoms. The maximum Gasteiger partial charge on any atom is 0.281 e. The van der Waals surface area contributed by atoms with Crippen molar-refractivity contribution in [3.63, 3.8) is 0 Å². The number of hydrogen-bond acceptors (Lipinski definition) is 3. The number of fused-ring (bicyclic) bond motifs is 1. The van der Waals surface area contributed by atoms with Crippen LogP contribution in [0.4, 0.5) is 0 Å². The Morgan fingerprint density at radius 2 is 1.61 bits per heavy atom. The molecular formula is C23H16N4O. The predicted molar refractivity (Wildman–Crippen MR) is 110 cm³/mol. The summed E-state index contributed by atoms with van der Waals surface area (Å²) in [7, 11) is 0. The highest BCUT2D eigenvalue weighted by atomic mass is 16.1. The first-order chi connectivity index (χ1) is 13.8. The summed E-state index contributed by atoms with van der Waals surface area (Å²) in [6, 6.07) is 25.0. The van der Waals surface area contributed by atoms with Gasteiger partial charge in [-0.1, -0.05) is 42.5 Å². The molecule has 5 nitrogen and oxygen atoms in total. The molecule has 0 saturated heterocycles. The van der Waals surface area contributed by atoms with Crippen molar-refractivity contribution < 1.29 is 0 Å². The van der Waals surface area contributed by atoms with E-state index >= 15 is 0 Å². The minimum Gasteiger partial charge on any atom is -0.282 e. The number of pyridine rings is 2. The van der Waals surface area contributed by atoms with Gasteiger partial charge in [0.15, 0.2) is 0 Å². The number of benzene rings is 2. The van der Waals surface area contributed by atoms with Gasteiger partial charge in [0, 0.05) is 29.0 Å². The molecule has 2 aromatic carbocycles. The molecular weight excluding hydrogens is 348 g/mol. The molecule has 3 aromatic heterocycles. The molecule has 134 valence electrons. The minimum atomic E-state index is -0.139. The van der Waals surface area contributed by atoms with E-state index in [-0.39, 0.29) is 5.56 Å². The van der Waals surface area contributed by atoms with Crippen molar-refractivity contribution >= 4 is 10.9 Å². The van der Waals surface area contributed by atoms with Crippen molar-refractivity contribution in [1.29, 1.82) is 0 Å². The van der Waals surface area contributed by atoms with Crippen LogP contribution in [-0.4, -0.2) is 19.3 Å². The van der Waals surface area contributed by atoms with Gasteiger partial charge in [-0.2, -0.15) is 5.10 Å². The van der Waals surface area contributed by atoms with Gasteiger partial charge in [-0.05, 0) is 36.4 Å². The lowest BCUT2D eigenvalue weighted by Crippen LogP contribution is -2.23. The molecule has 3 heterocycles. The van der Waals surface area contributed by atoms with Crippen molar-refractivity contribution in [3.05, 3.63) is 108 Å². The molecule has 0 radical (unpaired) electrons. The maximum absolute atomic E-state index is 13.4. The zero-order chi connectivity index (χ0) is 18.9. The molecule has 28 heavy (non-hydrogen) atoms. The highest BCUT2D eigenvalue weighted by molar-refractivity contribution is 5.80. The Bertz CT molecular complexity index is 1320.